The van der Waals surface area contributed by atoms with Crippen LogP contribution in [0.5, 0.6) is 11.5 Å². The standard InChI is InChI=1S/C23H16F3N3O2S/c24-14-9-13(21-20(10-14)30-7-8-31-21)12-32-23-28-19-4-2-1-3-16(19)22(29-23)27-15-5-6-17(25)18(26)11-15/h1-6,9-11H,7-8,12H2,(H,27,28,29). The molecule has 162 valence electrons. The summed E-state index contributed by atoms with van der Waals surface area (Å²) >= 11 is 1.30. The maximum atomic E-state index is 14.0. The predicted molar refractivity (Wildman–Crippen MR) is 116 cm³/mol. The molecule has 1 aliphatic heterocycles. The van der Waals surface area contributed by atoms with E-state index in [1.807, 2.05) is 24.3 Å². The number of hydrogen-bond donors (Lipinski definition) is 1. The summed E-state index contributed by atoms with van der Waals surface area (Å²) in [5.41, 5.74) is 1.67. The number of thioether (sulfide) groups is 1. The van der Waals surface area contributed by atoms with Crippen LogP contribution >= 0.6 is 11.8 Å². The molecule has 0 aliphatic carbocycles. The van der Waals surface area contributed by atoms with Crippen molar-refractivity contribution in [2.45, 2.75) is 10.9 Å². The smallest absolute Gasteiger partial charge is 0.190 e. The summed E-state index contributed by atoms with van der Waals surface area (Å²) in [6, 6.07) is 13.6. The van der Waals surface area contributed by atoms with E-state index in [0.29, 0.717) is 58.2 Å². The predicted octanol–water partition coefficient (Wildman–Crippen LogP) is 5.85. The Bertz CT molecular complexity index is 1320. The van der Waals surface area contributed by atoms with Crippen LogP contribution < -0.4 is 14.8 Å². The fraction of sp³-hybridized carbons (Fsp3) is 0.130. The Kier molecular flexibility index (Phi) is 5.48. The number of rotatable bonds is 5. The van der Waals surface area contributed by atoms with Crippen molar-refractivity contribution in [3.8, 4) is 11.5 Å². The van der Waals surface area contributed by atoms with E-state index in [1.165, 1.54) is 30.0 Å². The van der Waals surface area contributed by atoms with Gasteiger partial charge in [-0.05, 0) is 30.3 Å². The van der Waals surface area contributed by atoms with Gasteiger partial charge < -0.3 is 14.8 Å². The van der Waals surface area contributed by atoms with Crippen molar-refractivity contribution in [1.29, 1.82) is 0 Å². The van der Waals surface area contributed by atoms with Crippen molar-refractivity contribution >= 4 is 34.2 Å². The number of aromatic nitrogens is 2. The van der Waals surface area contributed by atoms with Gasteiger partial charge in [-0.15, -0.1) is 0 Å². The number of benzene rings is 3. The van der Waals surface area contributed by atoms with Crippen molar-refractivity contribution < 1.29 is 22.6 Å². The van der Waals surface area contributed by atoms with Crippen LogP contribution in [0.2, 0.25) is 0 Å². The molecule has 5 nitrogen and oxygen atoms in total. The number of ether oxygens (including phenoxy) is 2. The zero-order chi connectivity index (χ0) is 22.1. The third-order valence-corrected chi connectivity index (χ3v) is 5.70. The van der Waals surface area contributed by atoms with E-state index < -0.39 is 17.5 Å². The molecule has 1 aliphatic rings. The second-order valence-electron chi connectivity index (χ2n) is 7.00. The molecule has 9 heteroatoms. The first-order valence-electron chi connectivity index (χ1n) is 9.76. The van der Waals surface area contributed by atoms with Crippen LogP contribution in [0.25, 0.3) is 10.9 Å². The van der Waals surface area contributed by atoms with Gasteiger partial charge in [-0.1, -0.05) is 23.9 Å². The Hall–Kier alpha value is -3.46. The van der Waals surface area contributed by atoms with E-state index in [2.05, 4.69) is 15.3 Å². The van der Waals surface area contributed by atoms with Crippen LogP contribution in [-0.2, 0) is 5.75 Å². The van der Waals surface area contributed by atoms with Gasteiger partial charge in [-0.3, -0.25) is 0 Å². The molecular formula is C23H16F3N3O2S. The van der Waals surface area contributed by atoms with E-state index in [4.69, 9.17) is 9.47 Å². The third kappa shape index (κ3) is 4.16. The lowest BCUT2D eigenvalue weighted by atomic mass is 10.2. The van der Waals surface area contributed by atoms with E-state index in [-0.39, 0.29) is 0 Å². The molecule has 0 unspecified atom stereocenters. The quantitative estimate of drug-likeness (QED) is 0.301. The number of nitrogens with one attached hydrogen (secondary N) is 1. The van der Waals surface area contributed by atoms with E-state index in [1.54, 1.807) is 0 Å². The molecule has 4 aromatic rings. The van der Waals surface area contributed by atoms with E-state index in [9.17, 15) is 13.2 Å². The molecular weight excluding hydrogens is 439 g/mol. The number of halogens is 3. The monoisotopic (exact) mass is 455 g/mol. The Morgan fingerprint density at radius 1 is 0.906 bits per heavy atom. The highest BCUT2D eigenvalue weighted by Crippen LogP contribution is 2.38. The van der Waals surface area contributed by atoms with Gasteiger partial charge in [-0.2, -0.15) is 0 Å². The maximum Gasteiger partial charge on any atom is 0.190 e. The lowest BCUT2D eigenvalue weighted by Crippen LogP contribution is -2.16. The van der Waals surface area contributed by atoms with Gasteiger partial charge in [0.05, 0.1) is 5.52 Å². The average molecular weight is 455 g/mol. The van der Waals surface area contributed by atoms with Gasteiger partial charge in [-0.25, -0.2) is 23.1 Å². The molecule has 0 atom stereocenters. The minimum absolute atomic E-state index is 0.354. The Morgan fingerprint density at radius 3 is 2.62 bits per heavy atom. The number of hydrogen-bond acceptors (Lipinski definition) is 6. The van der Waals surface area contributed by atoms with Crippen LogP contribution in [-0.4, -0.2) is 23.2 Å². The number of fused-ring (bicyclic) bond motifs is 2. The van der Waals surface area contributed by atoms with Gasteiger partial charge in [0.15, 0.2) is 28.3 Å². The Morgan fingerprint density at radius 2 is 1.75 bits per heavy atom. The summed E-state index contributed by atoms with van der Waals surface area (Å²) < 4.78 is 52.1. The number of anilines is 2. The van der Waals surface area contributed by atoms with Crippen LogP contribution in [0.15, 0.2) is 59.8 Å². The first-order valence-corrected chi connectivity index (χ1v) is 10.7. The molecule has 3 aromatic carbocycles. The molecule has 0 saturated heterocycles. The molecule has 0 amide bonds. The third-order valence-electron chi connectivity index (χ3n) is 4.81. The lowest BCUT2D eigenvalue weighted by Gasteiger charge is -2.21. The van der Waals surface area contributed by atoms with Crippen molar-refractivity contribution in [1.82, 2.24) is 9.97 Å². The first-order chi connectivity index (χ1) is 15.6. The van der Waals surface area contributed by atoms with Crippen LogP contribution in [0.3, 0.4) is 0 Å². The Labute approximate surface area is 185 Å². The SMILES string of the molecule is Fc1cc(CSc2nc(Nc3ccc(F)c(F)c3)c3ccccc3n2)c2c(c1)OCCO2. The number of nitrogens with zero attached hydrogens (tertiary/aromatic N) is 2. The van der Waals surface area contributed by atoms with Crippen molar-refractivity contribution in [3.05, 3.63) is 77.6 Å². The molecule has 2 heterocycles. The molecule has 0 bridgehead atoms. The van der Waals surface area contributed by atoms with Crippen molar-refractivity contribution in [2.75, 3.05) is 18.5 Å². The van der Waals surface area contributed by atoms with E-state index in [0.717, 1.165) is 17.5 Å². The fourth-order valence-electron chi connectivity index (χ4n) is 3.36. The van der Waals surface area contributed by atoms with Crippen molar-refractivity contribution in [3.63, 3.8) is 0 Å². The zero-order valence-electron chi connectivity index (χ0n) is 16.6. The van der Waals surface area contributed by atoms with Gasteiger partial charge in [0.1, 0.15) is 24.8 Å². The molecule has 0 spiro atoms. The highest BCUT2D eigenvalue weighted by molar-refractivity contribution is 7.98. The molecule has 0 saturated carbocycles. The second kappa shape index (κ2) is 8.58. The topological polar surface area (TPSA) is 56.3 Å². The lowest BCUT2D eigenvalue weighted by molar-refractivity contribution is 0.169. The molecule has 1 N–H and O–H groups in total. The molecule has 5 rings (SSSR count). The second-order valence-corrected chi connectivity index (χ2v) is 7.95. The summed E-state index contributed by atoms with van der Waals surface area (Å²) in [6.45, 7) is 0.765. The highest BCUT2D eigenvalue weighted by atomic mass is 32.2. The molecule has 0 fully saturated rings. The van der Waals surface area contributed by atoms with Crippen LogP contribution in [0, 0.1) is 17.5 Å². The zero-order valence-corrected chi connectivity index (χ0v) is 17.4. The minimum Gasteiger partial charge on any atom is -0.486 e. The number of para-hydroxylation sites is 1. The first kappa shape index (κ1) is 20.4. The summed E-state index contributed by atoms with van der Waals surface area (Å²) in [6.07, 6.45) is 0. The maximum absolute atomic E-state index is 14.0. The Balaban J connectivity index is 1.46. The average Bonchev–Trinajstić information content (AvgIpc) is 2.80. The summed E-state index contributed by atoms with van der Waals surface area (Å²) in [7, 11) is 0. The summed E-state index contributed by atoms with van der Waals surface area (Å²) in [4.78, 5) is 9.13. The van der Waals surface area contributed by atoms with E-state index >= 15 is 0 Å². The highest BCUT2D eigenvalue weighted by Gasteiger charge is 2.19. The summed E-state index contributed by atoms with van der Waals surface area (Å²) in [5.74, 6) is -0.593. The fourth-order valence-corrected chi connectivity index (χ4v) is 4.18. The van der Waals surface area contributed by atoms with Crippen LogP contribution in [0.4, 0.5) is 24.7 Å². The van der Waals surface area contributed by atoms with Gasteiger partial charge >= 0.3 is 0 Å². The molecule has 32 heavy (non-hydrogen) atoms. The molecule has 0 radical (unpaired) electrons. The van der Waals surface area contributed by atoms with Gasteiger partial charge in [0.2, 0.25) is 0 Å². The van der Waals surface area contributed by atoms with Gasteiger partial charge in [0.25, 0.3) is 0 Å². The molecule has 1 aromatic heterocycles. The van der Waals surface area contributed by atoms with Crippen molar-refractivity contribution in [2.24, 2.45) is 0 Å². The minimum atomic E-state index is -0.957. The normalized spacial score (nSPS) is 12.7. The summed E-state index contributed by atoms with van der Waals surface area (Å²) in [5, 5.41) is 4.19. The largest absolute Gasteiger partial charge is 0.486 e. The van der Waals surface area contributed by atoms with Crippen LogP contribution in [0.1, 0.15) is 5.56 Å². The van der Waals surface area contributed by atoms with Gasteiger partial charge in [0, 0.05) is 34.5 Å².